The molecule has 25 heavy (non-hydrogen) atoms. The van der Waals surface area contributed by atoms with Gasteiger partial charge in [-0.3, -0.25) is 9.69 Å². The van der Waals surface area contributed by atoms with Crippen LogP contribution in [0.1, 0.15) is 50.9 Å². The summed E-state index contributed by atoms with van der Waals surface area (Å²) in [6.07, 6.45) is 2.62. The number of benzene rings is 1. The van der Waals surface area contributed by atoms with E-state index >= 15 is 0 Å². The number of rotatable bonds is 4. The van der Waals surface area contributed by atoms with Gasteiger partial charge < -0.3 is 4.90 Å². The SMILES string of the molecule is Cc1ccc(C(=O)N2CCN(Cc3nc(C4CC4)cs3)CC2)cc1C. The predicted octanol–water partition coefficient (Wildman–Crippen LogP) is 3.60. The van der Waals surface area contributed by atoms with E-state index in [1.165, 1.54) is 34.7 Å². The Balaban J connectivity index is 1.32. The predicted molar refractivity (Wildman–Crippen MR) is 101 cm³/mol. The van der Waals surface area contributed by atoms with Crippen molar-refractivity contribution in [2.45, 2.75) is 39.2 Å². The summed E-state index contributed by atoms with van der Waals surface area (Å²) >= 11 is 1.79. The third-order valence-electron chi connectivity index (χ3n) is 5.34. The molecule has 0 spiro atoms. The molecular formula is C20H25N3OS. The lowest BCUT2D eigenvalue weighted by Crippen LogP contribution is -2.48. The van der Waals surface area contributed by atoms with Crippen molar-refractivity contribution < 1.29 is 4.79 Å². The summed E-state index contributed by atoms with van der Waals surface area (Å²) in [7, 11) is 0. The maximum absolute atomic E-state index is 12.7. The molecule has 0 bridgehead atoms. The minimum atomic E-state index is 0.160. The zero-order valence-corrected chi connectivity index (χ0v) is 15.8. The number of aromatic nitrogens is 1. The first kappa shape index (κ1) is 16.7. The second-order valence-corrected chi connectivity index (χ2v) is 8.25. The van der Waals surface area contributed by atoms with Crippen molar-refractivity contribution >= 4 is 17.2 Å². The van der Waals surface area contributed by atoms with Gasteiger partial charge in [0.2, 0.25) is 0 Å². The Labute approximate surface area is 153 Å². The van der Waals surface area contributed by atoms with Crippen LogP contribution in [0.25, 0.3) is 0 Å². The first-order valence-electron chi connectivity index (χ1n) is 9.13. The fourth-order valence-electron chi connectivity index (χ4n) is 3.32. The van der Waals surface area contributed by atoms with Gasteiger partial charge in [-0.1, -0.05) is 6.07 Å². The van der Waals surface area contributed by atoms with Gasteiger partial charge in [-0.05, 0) is 49.9 Å². The molecule has 4 nitrogen and oxygen atoms in total. The number of piperazine rings is 1. The molecule has 4 rings (SSSR count). The van der Waals surface area contributed by atoms with Gasteiger partial charge in [0.05, 0.1) is 12.2 Å². The lowest BCUT2D eigenvalue weighted by atomic mass is 10.1. The van der Waals surface area contributed by atoms with Crippen LogP contribution in [0.4, 0.5) is 0 Å². The fraction of sp³-hybridized carbons (Fsp3) is 0.500. The highest BCUT2D eigenvalue weighted by molar-refractivity contribution is 7.09. The minimum Gasteiger partial charge on any atom is -0.336 e. The van der Waals surface area contributed by atoms with Crippen molar-refractivity contribution in [3.05, 3.63) is 51.0 Å². The van der Waals surface area contributed by atoms with Crippen molar-refractivity contribution in [3.63, 3.8) is 0 Å². The van der Waals surface area contributed by atoms with Gasteiger partial charge in [0.15, 0.2) is 0 Å². The van der Waals surface area contributed by atoms with E-state index in [1.807, 2.05) is 23.1 Å². The molecule has 0 unspecified atom stereocenters. The molecule has 1 amide bonds. The molecule has 0 atom stereocenters. The lowest BCUT2D eigenvalue weighted by molar-refractivity contribution is 0.0628. The Morgan fingerprint density at radius 3 is 2.60 bits per heavy atom. The zero-order valence-electron chi connectivity index (χ0n) is 15.0. The van der Waals surface area contributed by atoms with Crippen LogP contribution in [0.15, 0.2) is 23.6 Å². The normalized spacial score (nSPS) is 18.6. The van der Waals surface area contributed by atoms with Gasteiger partial charge in [0.1, 0.15) is 5.01 Å². The molecule has 1 saturated heterocycles. The molecule has 1 aliphatic heterocycles. The molecule has 2 heterocycles. The number of thiazole rings is 1. The molecule has 1 aromatic heterocycles. The maximum Gasteiger partial charge on any atom is 0.253 e. The number of carbonyl (C=O) groups is 1. The molecule has 132 valence electrons. The third kappa shape index (κ3) is 3.77. The van der Waals surface area contributed by atoms with E-state index < -0.39 is 0 Å². The third-order valence-corrected chi connectivity index (χ3v) is 6.19. The maximum atomic E-state index is 12.7. The van der Waals surface area contributed by atoms with Gasteiger partial charge in [-0.2, -0.15) is 0 Å². The van der Waals surface area contributed by atoms with Crippen molar-refractivity contribution in [3.8, 4) is 0 Å². The van der Waals surface area contributed by atoms with Crippen molar-refractivity contribution in [1.82, 2.24) is 14.8 Å². The van der Waals surface area contributed by atoms with Crippen LogP contribution < -0.4 is 0 Å². The minimum absolute atomic E-state index is 0.160. The number of nitrogens with zero attached hydrogens (tertiary/aromatic N) is 3. The van der Waals surface area contributed by atoms with E-state index in [9.17, 15) is 4.79 Å². The highest BCUT2D eigenvalue weighted by atomic mass is 32.1. The summed E-state index contributed by atoms with van der Waals surface area (Å²) in [6.45, 7) is 8.51. The van der Waals surface area contributed by atoms with Crippen LogP contribution in [0, 0.1) is 13.8 Å². The quantitative estimate of drug-likeness (QED) is 0.841. The van der Waals surface area contributed by atoms with Gasteiger partial charge in [-0.15, -0.1) is 11.3 Å². The standard InChI is InChI=1S/C20H25N3OS/c1-14-3-4-17(11-15(14)2)20(24)23-9-7-22(8-10-23)12-19-21-18(13-25-19)16-5-6-16/h3-4,11,13,16H,5-10,12H2,1-2H3. The molecule has 1 aliphatic carbocycles. The van der Waals surface area contributed by atoms with Crippen molar-refractivity contribution in [2.24, 2.45) is 0 Å². The second-order valence-electron chi connectivity index (χ2n) is 7.31. The molecule has 2 fully saturated rings. The summed E-state index contributed by atoms with van der Waals surface area (Å²) in [4.78, 5) is 21.9. The second kappa shape index (κ2) is 6.89. The summed E-state index contributed by atoms with van der Waals surface area (Å²) in [5.41, 5.74) is 4.52. The van der Waals surface area contributed by atoms with Crippen molar-refractivity contribution in [1.29, 1.82) is 0 Å². The molecule has 5 heteroatoms. The molecular weight excluding hydrogens is 330 g/mol. The first-order chi connectivity index (χ1) is 12.1. The number of hydrogen-bond donors (Lipinski definition) is 0. The van der Waals surface area contributed by atoms with E-state index in [1.54, 1.807) is 11.3 Å². The van der Waals surface area contributed by atoms with E-state index in [2.05, 4.69) is 24.1 Å². The van der Waals surface area contributed by atoms with Gasteiger partial charge in [-0.25, -0.2) is 4.98 Å². The number of hydrogen-bond acceptors (Lipinski definition) is 4. The zero-order chi connectivity index (χ0) is 17.4. The van der Waals surface area contributed by atoms with Crippen LogP contribution in [-0.4, -0.2) is 46.9 Å². The van der Waals surface area contributed by atoms with Crippen LogP contribution in [-0.2, 0) is 6.54 Å². The van der Waals surface area contributed by atoms with Crippen LogP contribution >= 0.6 is 11.3 Å². The van der Waals surface area contributed by atoms with Gasteiger partial charge in [0, 0.05) is 43.0 Å². The average Bonchev–Trinajstić information content (AvgIpc) is 3.37. The van der Waals surface area contributed by atoms with Gasteiger partial charge >= 0.3 is 0 Å². The highest BCUT2D eigenvalue weighted by Crippen LogP contribution is 2.40. The first-order valence-corrected chi connectivity index (χ1v) is 10.0. The Kier molecular flexibility index (Phi) is 4.61. The van der Waals surface area contributed by atoms with Crippen LogP contribution in [0.5, 0.6) is 0 Å². The smallest absolute Gasteiger partial charge is 0.253 e. The number of carbonyl (C=O) groups excluding carboxylic acids is 1. The van der Waals surface area contributed by atoms with Gasteiger partial charge in [0.25, 0.3) is 5.91 Å². The molecule has 1 aromatic carbocycles. The van der Waals surface area contributed by atoms with E-state index in [0.717, 1.165) is 44.2 Å². The summed E-state index contributed by atoms with van der Waals surface area (Å²) in [5, 5.41) is 3.45. The lowest BCUT2D eigenvalue weighted by Gasteiger charge is -2.34. The van der Waals surface area contributed by atoms with Crippen LogP contribution in [0.3, 0.4) is 0 Å². The van der Waals surface area contributed by atoms with Crippen LogP contribution in [0.2, 0.25) is 0 Å². The number of aryl methyl sites for hydroxylation is 2. The Morgan fingerprint density at radius 1 is 1.16 bits per heavy atom. The van der Waals surface area contributed by atoms with E-state index in [0.29, 0.717) is 0 Å². The average molecular weight is 356 g/mol. The Hall–Kier alpha value is -1.72. The largest absolute Gasteiger partial charge is 0.336 e. The molecule has 0 N–H and O–H groups in total. The number of amides is 1. The summed E-state index contributed by atoms with van der Waals surface area (Å²) in [6, 6.07) is 6.00. The molecule has 1 saturated carbocycles. The molecule has 0 radical (unpaired) electrons. The Morgan fingerprint density at radius 2 is 1.92 bits per heavy atom. The Bertz CT molecular complexity index is 773. The topological polar surface area (TPSA) is 36.4 Å². The fourth-order valence-corrected chi connectivity index (χ4v) is 4.24. The van der Waals surface area contributed by atoms with E-state index in [-0.39, 0.29) is 5.91 Å². The summed E-state index contributed by atoms with van der Waals surface area (Å²) in [5.74, 6) is 0.894. The van der Waals surface area contributed by atoms with E-state index in [4.69, 9.17) is 4.98 Å². The monoisotopic (exact) mass is 355 g/mol. The molecule has 2 aromatic rings. The van der Waals surface area contributed by atoms with Crippen molar-refractivity contribution in [2.75, 3.05) is 26.2 Å². The highest BCUT2D eigenvalue weighted by Gasteiger charge is 2.27. The summed E-state index contributed by atoms with van der Waals surface area (Å²) < 4.78 is 0. The molecule has 2 aliphatic rings.